The van der Waals surface area contributed by atoms with Crippen LogP contribution in [0.1, 0.15) is 49.4 Å². The lowest BCUT2D eigenvalue weighted by Crippen LogP contribution is -2.22. The second-order valence-corrected chi connectivity index (χ2v) is 8.67. The van der Waals surface area contributed by atoms with Crippen molar-refractivity contribution in [3.63, 3.8) is 0 Å². The van der Waals surface area contributed by atoms with E-state index in [-0.39, 0.29) is 17.1 Å². The van der Waals surface area contributed by atoms with Gasteiger partial charge in [-0.05, 0) is 56.2 Å². The monoisotopic (exact) mass is 412 g/mol. The highest BCUT2D eigenvalue weighted by atomic mass is 32.2. The molecule has 29 heavy (non-hydrogen) atoms. The molecule has 6 heteroatoms. The lowest BCUT2D eigenvalue weighted by atomic mass is 9.95. The summed E-state index contributed by atoms with van der Waals surface area (Å²) in [6.45, 7) is 1.77. The first-order valence-electron chi connectivity index (χ1n) is 10.1. The molecule has 0 spiro atoms. The summed E-state index contributed by atoms with van der Waals surface area (Å²) in [7, 11) is 1.37. The van der Waals surface area contributed by atoms with Crippen molar-refractivity contribution in [2.75, 3.05) is 17.7 Å². The molecule has 0 radical (unpaired) electrons. The maximum atomic E-state index is 12.8. The Morgan fingerprint density at radius 3 is 2.34 bits per heavy atom. The van der Waals surface area contributed by atoms with Gasteiger partial charge in [0.25, 0.3) is 5.91 Å². The van der Waals surface area contributed by atoms with Crippen LogP contribution in [0.2, 0.25) is 0 Å². The van der Waals surface area contributed by atoms with E-state index in [1.807, 2.05) is 42.5 Å². The van der Waals surface area contributed by atoms with Gasteiger partial charge in [-0.25, -0.2) is 0 Å². The largest absolute Gasteiger partial charge is 0.468 e. The van der Waals surface area contributed by atoms with Crippen LogP contribution in [0.5, 0.6) is 0 Å². The maximum Gasteiger partial charge on any atom is 0.318 e. The van der Waals surface area contributed by atoms with E-state index in [0.717, 1.165) is 16.3 Å². The fourth-order valence-electron chi connectivity index (χ4n) is 3.49. The molecule has 0 aromatic heterocycles. The molecule has 1 amide bonds. The summed E-state index contributed by atoms with van der Waals surface area (Å²) < 4.78 is 4.78. The van der Waals surface area contributed by atoms with Crippen molar-refractivity contribution in [1.29, 1.82) is 0 Å². The van der Waals surface area contributed by atoms with E-state index < -0.39 is 0 Å². The number of benzene rings is 2. The van der Waals surface area contributed by atoms with Gasteiger partial charge in [-0.3, -0.25) is 9.59 Å². The van der Waals surface area contributed by atoms with Crippen LogP contribution in [-0.4, -0.2) is 30.3 Å². The van der Waals surface area contributed by atoms with E-state index in [1.165, 1.54) is 51.0 Å². The minimum atomic E-state index is -0.390. The predicted octanol–water partition coefficient (Wildman–Crippen LogP) is 5.34. The molecule has 1 saturated carbocycles. The molecule has 0 saturated heterocycles. The number of anilines is 2. The van der Waals surface area contributed by atoms with Gasteiger partial charge in [0.1, 0.15) is 5.25 Å². The third-order valence-corrected chi connectivity index (χ3v) is 6.24. The van der Waals surface area contributed by atoms with Crippen LogP contribution in [0.15, 0.2) is 53.4 Å². The van der Waals surface area contributed by atoms with Crippen molar-refractivity contribution >= 4 is 35.0 Å². The molecule has 2 N–H and O–H groups in total. The van der Waals surface area contributed by atoms with Crippen LogP contribution in [0.3, 0.4) is 0 Å². The zero-order valence-electron chi connectivity index (χ0n) is 16.9. The Hall–Kier alpha value is -2.47. The molecule has 0 bridgehead atoms. The molecule has 0 heterocycles. The average Bonchev–Trinajstić information content (AvgIpc) is 2.75. The van der Waals surface area contributed by atoms with E-state index in [2.05, 4.69) is 10.6 Å². The average molecular weight is 413 g/mol. The number of thioether (sulfide) groups is 1. The molecule has 2 aromatic rings. The zero-order valence-corrected chi connectivity index (χ0v) is 17.8. The Labute approximate surface area is 176 Å². The summed E-state index contributed by atoms with van der Waals surface area (Å²) in [6.07, 6.45) is 6.35. The van der Waals surface area contributed by atoms with E-state index in [1.54, 1.807) is 13.0 Å². The zero-order chi connectivity index (χ0) is 20.6. The van der Waals surface area contributed by atoms with Crippen molar-refractivity contribution in [2.24, 2.45) is 0 Å². The number of methoxy groups -OCH3 is 1. The number of esters is 1. The summed E-state index contributed by atoms with van der Waals surface area (Å²) in [4.78, 5) is 25.3. The van der Waals surface area contributed by atoms with Gasteiger partial charge in [0.2, 0.25) is 0 Å². The topological polar surface area (TPSA) is 67.4 Å². The second-order valence-electron chi connectivity index (χ2n) is 7.29. The molecule has 1 aliphatic rings. The standard InChI is InChI=1S/C23H28N2O3S/c1-16(23(27)28-2)29-21-11-7-6-10-20(21)22(26)25-19-14-12-18(13-15-19)24-17-8-4-3-5-9-17/h6-7,10-17,24H,3-5,8-9H2,1-2H3,(H,25,26). The van der Waals surface area contributed by atoms with Gasteiger partial charge in [0.05, 0.1) is 12.7 Å². The molecule has 0 aliphatic heterocycles. The van der Waals surface area contributed by atoms with Crippen LogP contribution in [-0.2, 0) is 9.53 Å². The fourth-order valence-corrected chi connectivity index (χ4v) is 4.51. The molecule has 5 nitrogen and oxygen atoms in total. The van der Waals surface area contributed by atoms with E-state index in [0.29, 0.717) is 11.6 Å². The summed E-state index contributed by atoms with van der Waals surface area (Å²) in [6, 6.07) is 15.7. The van der Waals surface area contributed by atoms with Crippen LogP contribution in [0.25, 0.3) is 0 Å². The number of nitrogens with one attached hydrogen (secondary N) is 2. The van der Waals surface area contributed by atoms with Crippen molar-refractivity contribution < 1.29 is 14.3 Å². The number of rotatable bonds is 7. The Morgan fingerprint density at radius 2 is 1.66 bits per heavy atom. The number of hydrogen-bond donors (Lipinski definition) is 2. The van der Waals surface area contributed by atoms with Gasteiger partial charge in [-0.15, -0.1) is 11.8 Å². The first kappa shape index (κ1) is 21.2. The fraction of sp³-hybridized carbons (Fsp3) is 0.391. The molecule has 2 aromatic carbocycles. The van der Waals surface area contributed by atoms with Gasteiger partial charge < -0.3 is 15.4 Å². The highest BCUT2D eigenvalue weighted by Gasteiger charge is 2.19. The third-order valence-electron chi connectivity index (χ3n) is 5.09. The lowest BCUT2D eigenvalue weighted by Gasteiger charge is -2.24. The molecule has 1 atom stereocenters. The first-order valence-corrected chi connectivity index (χ1v) is 11.0. The summed E-state index contributed by atoms with van der Waals surface area (Å²) >= 11 is 1.32. The summed E-state index contributed by atoms with van der Waals surface area (Å²) in [5.74, 6) is -0.510. The number of amides is 1. The van der Waals surface area contributed by atoms with Crippen molar-refractivity contribution in [2.45, 2.75) is 55.2 Å². The minimum absolute atomic E-state index is 0.196. The Balaban J connectivity index is 1.63. The van der Waals surface area contributed by atoms with E-state index >= 15 is 0 Å². The quantitative estimate of drug-likeness (QED) is 0.475. The highest BCUT2D eigenvalue weighted by molar-refractivity contribution is 8.00. The Morgan fingerprint density at radius 1 is 1.00 bits per heavy atom. The molecular weight excluding hydrogens is 384 g/mol. The summed E-state index contributed by atoms with van der Waals surface area (Å²) in [5, 5.41) is 6.14. The number of carbonyl (C=O) groups is 2. The van der Waals surface area contributed by atoms with Gasteiger partial charge in [-0.1, -0.05) is 31.4 Å². The van der Waals surface area contributed by atoms with Crippen LogP contribution < -0.4 is 10.6 Å². The molecular formula is C23H28N2O3S. The van der Waals surface area contributed by atoms with Crippen molar-refractivity contribution in [3.05, 3.63) is 54.1 Å². The van der Waals surface area contributed by atoms with E-state index in [4.69, 9.17) is 4.74 Å². The van der Waals surface area contributed by atoms with Crippen LogP contribution in [0, 0.1) is 0 Å². The number of carbonyl (C=O) groups excluding carboxylic acids is 2. The van der Waals surface area contributed by atoms with Gasteiger partial charge in [0.15, 0.2) is 0 Å². The molecule has 1 fully saturated rings. The second kappa shape index (κ2) is 10.3. The van der Waals surface area contributed by atoms with Crippen molar-refractivity contribution in [3.8, 4) is 0 Å². The predicted molar refractivity (Wildman–Crippen MR) is 119 cm³/mol. The van der Waals surface area contributed by atoms with Crippen LogP contribution >= 0.6 is 11.8 Å². The normalized spacial score (nSPS) is 15.4. The van der Waals surface area contributed by atoms with Gasteiger partial charge in [0, 0.05) is 22.3 Å². The maximum absolute atomic E-state index is 12.8. The third kappa shape index (κ3) is 6.00. The SMILES string of the molecule is COC(=O)C(C)Sc1ccccc1C(=O)Nc1ccc(NC2CCCCC2)cc1. The molecule has 1 aliphatic carbocycles. The number of ether oxygens (including phenoxy) is 1. The van der Waals surface area contributed by atoms with Crippen LogP contribution in [0.4, 0.5) is 11.4 Å². The Kier molecular flexibility index (Phi) is 7.58. The molecule has 1 unspecified atom stereocenters. The summed E-state index contributed by atoms with van der Waals surface area (Å²) in [5.41, 5.74) is 2.36. The first-order chi connectivity index (χ1) is 14.1. The van der Waals surface area contributed by atoms with Gasteiger partial charge >= 0.3 is 5.97 Å². The highest BCUT2D eigenvalue weighted by Crippen LogP contribution is 2.28. The smallest absolute Gasteiger partial charge is 0.318 e. The van der Waals surface area contributed by atoms with Gasteiger partial charge in [-0.2, -0.15) is 0 Å². The Bertz CT molecular complexity index is 832. The van der Waals surface area contributed by atoms with Crippen molar-refractivity contribution in [1.82, 2.24) is 0 Å². The molecule has 154 valence electrons. The van der Waals surface area contributed by atoms with E-state index in [9.17, 15) is 9.59 Å². The lowest BCUT2D eigenvalue weighted by molar-refractivity contribution is -0.139. The molecule has 3 rings (SSSR count). The number of hydrogen-bond acceptors (Lipinski definition) is 5. The minimum Gasteiger partial charge on any atom is -0.468 e.